The summed E-state index contributed by atoms with van der Waals surface area (Å²) in [6, 6.07) is 10.6. The Hall–Kier alpha value is -0.0400. The van der Waals surface area contributed by atoms with Crippen LogP contribution in [0, 0.1) is 3.57 Å². The van der Waals surface area contributed by atoms with E-state index in [1.165, 1.54) is 14.7 Å². The van der Waals surface area contributed by atoms with Crippen molar-refractivity contribution in [2.45, 2.75) is 26.2 Å². The highest BCUT2D eigenvalue weighted by molar-refractivity contribution is 14.1. The Kier molecular flexibility index (Phi) is 5.54. The minimum atomic E-state index is 1.02. The number of rotatable bonds is 5. The molecule has 1 nitrogen and oxygen atoms in total. The molecule has 0 unspecified atom stereocenters. The zero-order valence-electron chi connectivity index (χ0n) is 10.4. The number of benzene rings is 1. The number of hydrogen-bond donors (Lipinski definition) is 0. The minimum absolute atomic E-state index is 1.02. The second kappa shape index (κ2) is 6.93. The van der Waals surface area contributed by atoms with Crippen molar-refractivity contribution in [2.75, 3.05) is 4.43 Å². The van der Waals surface area contributed by atoms with Crippen molar-refractivity contribution < 1.29 is 4.42 Å². The summed E-state index contributed by atoms with van der Waals surface area (Å²) in [5, 5.41) is 0. The fourth-order valence-electron chi connectivity index (χ4n) is 2.05. The van der Waals surface area contributed by atoms with Crippen LogP contribution in [0.2, 0.25) is 0 Å². The van der Waals surface area contributed by atoms with E-state index in [0.29, 0.717) is 0 Å². The SMILES string of the molecule is CCCc1oc(CCI)c(I)c1-c1ccccc1. The van der Waals surface area contributed by atoms with Crippen LogP contribution < -0.4 is 0 Å². The highest BCUT2D eigenvalue weighted by atomic mass is 127. The lowest BCUT2D eigenvalue weighted by atomic mass is 10.0. The van der Waals surface area contributed by atoms with Crippen molar-refractivity contribution in [3.05, 3.63) is 45.4 Å². The number of hydrogen-bond acceptors (Lipinski definition) is 1. The Balaban J connectivity index is 2.50. The van der Waals surface area contributed by atoms with Crippen LogP contribution in [0.25, 0.3) is 11.1 Å². The molecule has 0 N–H and O–H groups in total. The van der Waals surface area contributed by atoms with Gasteiger partial charge in [-0.25, -0.2) is 0 Å². The van der Waals surface area contributed by atoms with Gasteiger partial charge >= 0.3 is 0 Å². The average molecular weight is 466 g/mol. The van der Waals surface area contributed by atoms with Crippen LogP contribution in [0.5, 0.6) is 0 Å². The summed E-state index contributed by atoms with van der Waals surface area (Å²) in [6.45, 7) is 2.20. The molecule has 0 atom stereocenters. The fraction of sp³-hybridized carbons (Fsp3) is 0.333. The van der Waals surface area contributed by atoms with Crippen LogP contribution >= 0.6 is 45.2 Å². The number of aryl methyl sites for hydroxylation is 2. The Labute approximate surface area is 136 Å². The van der Waals surface area contributed by atoms with Crippen molar-refractivity contribution >= 4 is 45.2 Å². The van der Waals surface area contributed by atoms with Crippen LogP contribution in [0.1, 0.15) is 24.9 Å². The maximum atomic E-state index is 6.07. The molecule has 1 aromatic carbocycles. The Morgan fingerprint density at radius 3 is 2.39 bits per heavy atom. The second-order valence-corrected chi connectivity index (χ2v) is 6.35. The quantitative estimate of drug-likeness (QED) is 0.421. The lowest BCUT2D eigenvalue weighted by Gasteiger charge is -2.02. The van der Waals surface area contributed by atoms with Gasteiger partial charge in [0.1, 0.15) is 11.5 Å². The van der Waals surface area contributed by atoms with Gasteiger partial charge in [-0.05, 0) is 34.6 Å². The van der Waals surface area contributed by atoms with Gasteiger partial charge in [-0.3, -0.25) is 0 Å². The molecule has 0 spiro atoms. The van der Waals surface area contributed by atoms with E-state index < -0.39 is 0 Å². The number of furan rings is 1. The summed E-state index contributed by atoms with van der Waals surface area (Å²) in [7, 11) is 0. The van der Waals surface area contributed by atoms with Crippen molar-refractivity contribution in [1.82, 2.24) is 0 Å². The predicted octanol–water partition coefficient (Wildman–Crippen LogP) is 5.48. The van der Waals surface area contributed by atoms with Gasteiger partial charge in [0, 0.05) is 22.8 Å². The smallest absolute Gasteiger partial charge is 0.118 e. The molecule has 96 valence electrons. The van der Waals surface area contributed by atoms with Crippen LogP contribution in [-0.4, -0.2) is 4.43 Å². The molecule has 2 rings (SSSR count). The van der Waals surface area contributed by atoms with Crippen LogP contribution in [0.4, 0.5) is 0 Å². The molecule has 0 radical (unpaired) electrons. The van der Waals surface area contributed by atoms with Gasteiger partial charge in [0.05, 0.1) is 3.57 Å². The molecule has 0 aliphatic rings. The second-order valence-electron chi connectivity index (χ2n) is 4.19. The minimum Gasteiger partial charge on any atom is -0.464 e. The molecule has 0 saturated heterocycles. The van der Waals surface area contributed by atoms with Gasteiger partial charge in [0.25, 0.3) is 0 Å². The molecular weight excluding hydrogens is 450 g/mol. The molecule has 0 aliphatic carbocycles. The predicted molar refractivity (Wildman–Crippen MR) is 93.4 cm³/mol. The third-order valence-electron chi connectivity index (χ3n) is 2.85. The van der Waals surface area contributed by atoms with Gasteiger partial charge < -0.3 is 4.42 Å². The molecule has 2 aromatic rings. The summed E-state index contributed by atoms with van der Waals surface area (Å²) in [5.41, 5.74) is 2.58. The third-order valence-corrected chi connectivity index (χ3v) is 4.53. The lowest BCUT2D eigenvalue weighted by molar-refractivity contribution is 0.468. The highest BCUT2D eigenvalue weighted by Gasteiger charge is 2.18. The molecule has 0 bridgehead atoms. The molecule has 0 aliphatic heterocycles. The third kappa shape index (κ3) is 3.10. The van der Waals surface area contributed by atoms with Crippen molar-refractivity contribution in [3.63, 3.8) is 0 Å². The standard InChI is InChI=1S/C15H16I2O/c1-2-6-12-14(11-7-4-3-5-8-11)15(17)13(18-12)9-10-16/h3-5,7-8H,2,6,9-10H2,1H3. The summed E-state index contributed by atoms with van der Waals surface area (Å²) >= 11 is 4.83. The van der Waals surface area contributed by atoms with E-state index in [-0.39, 0.29) is 0 Å². The van der Waals surface area contributed by atoms with E-state index in [0.717, 1.165) is 35.2 Å². The molecule has 1 heterocycles. The van der Waals surface area contributed by atoms with E-state index in [4.69, 9.17) is 4.42 Å². The summed E-state index contributed by atoms with van der Waals surface area (Å²) < 4.78 is 8.46. The molecular formula is C15H16I2O. The first-order valence-electron chi connectivity index (χ1n) is 6.19. The highest BCUT2D eigenvalue weighted by Crippen LogP contribution is 2.35. The average Bonchev–Trinajstić information content (AvgIpc) is 2.68. The van der Waals surface area contributed by atoms with Crippen molar-refractivity contribution in [1.29, 1.82) is 0 Å². The molecule has 1 aromatic heterocycles. The summed E-state index contributed by atoms with van der Waals surface area (Å²) in [4.78, 5) is 0. The van der Waals surface area contributed by atoms with Gasteiger partial charge in [0.2, 0.25) is 0 Å². The van der Waals surface area contributed by atoms with E-state index in [9.17, 15) is 0 Å². The maximum Gasteiger partial charge on any atom is 0.118 e. The normalized spacial score (nSPS) is 10.8. The van der Waals surface area contributed by atoms with Crippen molar-refractivity contribution in [2.24, 2.45) is 0 Å². The van der Waals surface area contributed by atoms with E-state index in [1.54, 1.807) is 0 Å². The van der Waals surface area contributed by atoms with E-state index in [2.05, 4.69) is 82.4 Å². The first kappa shape index (κ1) is 14.4. The number of halogens is 2. The van der Waals surface area contributed by atoms with Crippen LogP contribution in [-0.2, 0) is 12.8 Å². The fourth-order valence-corrected chi connectivity index (χ4v) is 3.53. The van der Waals surface area contributed by atoms with Crippen LogP contribution in [0.3, 0.4) is 0 Å². The van der Waals surface area contributed by atoms with E-state index >= 15 is 0 Å². The molecule has 0 saturated carbocycles. The number of alkyl halides is 1. The van der Waals surface area contributed by atoms with Crippen LogP contribution in [0.15, 0.2) is 34.7 Å². The molecule has 3 heteroatoms. The molecule has 0 amide bonds. The Bertz CT molecular complexity index is 503. The van der Waals surface area contributed by atoms with E-state index in [1.807, 2.05) is 0 Å². The maximum absolute atomic E-state index is 6.07. The lowest BCUT2D eigenvalue weighted by Crippen LogP contribution is -1.87. The van der Waals surface area contributed by atoms with Gasteiger partial charge in [0.15, 0.2) is 0 Å². The Morgan fingerprint density at radius 2 is 1.78 bits per heavy atom. The first-order valence-corrected chi connectivity index (χ1v) is 8.79. The summed E-state index contributed by atoms with van der Waals surface area (Å²) in [5.74, 6) is 2.29. The zero-order chi connectivity index (χ0) is 13.0. The van der Waals surface area contributed by atoms with Gasteiger partial charge in [-0.2, -0.15) is 0 Å². The Morgan fingerprint density at radius 1 is 1.06 bits per heavy atom. The molecule has 0 fully saturated rings. The van der Waals surface area contributed by atoms with Gasteiger partial charge in [-0.15, -0.1) is 0 Å². The monoisotopic (exact) mass is 466 g/mol. The topological polar surface area (TPSA) is 13.1 Å². The van der Waals surface area contributed by atoms with Crippen molar-refractivity contribution in [3.8, 4) is 11.1 Å². The first-order chi connectivity index (χ1) is 8.77. The zero-order valence-corrected chi connectivity index (χ0v) is 14.7. The van der Waals surface area contributed by atoms with Gasteiger partial charge in [-0.1, -0.05) is 59.8 Å². The summed E-state index contributed by atoms with van der Waals surface area (Å²) in [6.07, 6.45) is 3.15. The molecule has 18 heavy (non-hydrogen) atoms. The largest absolute Gasteiger partial charge is 0.464 e.